The number of pyridine rings is 1. The summed E-state index contributed by atoms with van der Waals surface area (Å²) in [5, 5.41) is 0.0270. The second kappa shape index (κ2) is 8.26. The zero-order valence-electron chi connectivity index (χ0n) is 14.5. The third kappa shape index (κ3) is 5.16. The van der Waals surface area contributed by atoms with Crippen LogP contribution >= 0.6 is 0 Å². The Kier molecular flexibility index (Phi) is 5.95. The summed E-state index contributed by atoms with van der Waals surface area (Å²) in [5.41, 5.74) is 0.780. The summed E-state index contributed by atoms with van der Waals surface area (Å²) < 4.78 is 81.8. The number of fused-ring (bicyclic) bond motifs is 1. The molecule has 2 aromatic heterocycles. The van der Waals surface area contributed by atoms with Crippen molar-refractivity contribution >= 4 is 32.2 Å². The van der Waals surface area contributed by atoms with Gasteiger partial charge in [-0.2, -0.15) is 17.2 Å². The van der Waals surface area contributed by atoms with Crippen LogP contribution in [0.3, 0.4) is 0 Å². The van der Waals surface area contributed by atoms with Crippen molar-refractivity contribution < 1.29 is 39.6 Å². The zero-order chi connectivity index (χ0) is 21.2. The van der Waals surface area contributed by atoms with Crippen LogP contribution in [0.4, 0.5) is 8.78 Å². The van der Waals surface area contributed by atoms with Crippen LogP contribution in [0.1, 0.15) is 5.69 Å². The smallest absolute Gasteiger partial charge is 0.446 e. The molecule has 1 aromatic carbocycles. The first-order chi connectivity index (χ1) is 13.7. The number of hydrogen-bond acceptors (Lipinski definition) is 8. The largest absolute Gasteiger partial charge is 0.491 e. The molecule has 10 nitrogen and oxygen atoms in total. The minimum Gasteiger partial charge on any atom is -0.491 e. The molecule has 0 bridgehead atoms. The predicted octanol–water partition coefficient (Wildman–Crippen LogP) is 2.06. The average molecular weight is 449 g/mol. The van der Waals surface area contributed by atoms with Gasteiger partial charge in [0.05, 0.1) is 40.4 Å². The van der Waals surface area contributed by atoms with E-state index in [0.29, 0.717) is 11.0 Å². The van der Waals surface area contributed by atoms with Gasteiger partial charge in [0.1, 0.15) is 5.75 Å². The van der Waals surface area contributed by atoms with E-state index >= 15 is 0 Å². The van der Waals surface area contributed by atoms with Gasteiger partial charge in [-0.25, -0.2) is 4.98 Å². The van der Waals surface area contributed by atoms with Crippen LogP contribution in [0.25, 0.3) is 11.0 Å². The van der Waals surface area contributed by atoms with Crippen molar-refractivity contribution in [3.8, 4) is 17.2 Å². The topological polar surface area (TPSA) is 141 Å². The SMILES string of the molecule is COc1c(OS(=O)(=O)O)ccnc1CS(=O)c1nc2ccc(OC(F)F)cc2[nH]1. The summed E-state index contributed by atoms with van der Waals surface area (Å²) in [7, 11) is -5.38. The first kappa shape index (κ1) is 20.9. The fourth-order valence-electron chi connectivity index (χ4n) is 2.41. The standard InChI is InChI=1S/C15H13F2N3O7S2/c1-25-13-11(18-5-4-12(13)27-29(22,23)24)7-28(21)15-19-9-3-2-8(26-14(16)17)6-10(9)20-15/h2-6,14H,7H2,1H3,(H,19,20)(H,22,23,24). The molecule has 2 N–H and O–H groups in total. The molecular formula is C15H13F2N3O7S2. The molecule has 0 fully saturated rings. The molecule has 0 saturated carbocycles. The van der Waals surface area contributed by atoms with Gasteiger partial charge in [0.15, 0.2) is 16.7 Å². The van der Waals surface area contributed by atoms with Gasteiger partial charge in [-0.05, 0) is 12.1 Å². The maximum atomic E-state index is 12.7. The molecule has 3 rings (SSSR count). The second-order valence-corrected chi connectivity index (χ2v) is 7.78. The Morgan fingerprint density at radius 3 is 2.72 bits per heavy atom. The van der Waals surface area contributed by atoms with E-state index in [-0.39, 0.29) is 33.9 Å². The number of methoxy groups -OCH3 is 1. The van der Waals surface area contributed by atoms with E-state index < -0.39 is 27.8 Å². The van der Waals surface area contributed by atoms with Crippen LogP contribution in [0.15, 0.2) is 35.6 Å². The summed E-state index contributed by atoms with van der Waals surface area (Å²) in [6.45, 7) is -2.99. The van der Waals surface area contributed by atoms with Crippen molar-refractivity contribution in [2.24, 2.45) is 0 Å². The molecule has 14 heteroatoms. The number of benzene rings is 1. The van der Waals surface area contributed by atoms with E-state index in [1.807, 2.05) is 0 Å². The lowest BCUT2D eigenvalue weighted by Gasteiger charge is -2.11. The van der Waals surface area contributed by atoms with Gasteiger partial charge < -0.3 is 18.6 Å². The highest BCUT2D eigenvalue weighted by atomic mass is 32.3. The van der Waals surface area contributed by atoms with Gasteiger partial charge >= 0.3 is 17.0 Å². The summed E-state index contributed by atoms with van der Waals surface area (Å²) in [5.74, 6) is -0.809. The summed E-state index contributed by atoms with van der Waals surface area (Å²) in [6, 6.07) is 5.14. The number of hydrogen-bond donors (Lipinski definition) is 2. The Morgan fingerprint density at radius 2 is 2.07 bits per heavy atom. The number of aromatic nitrogens is 3. The van der Waals surface area contributed by atoms with E-state index in [0.717, 1.165) is 6.07 Å². The Morgan fingerprint density at radius 1 is 1.31 bits per heavy atom. The number of halogens is 2. The number of rotatable bonds is 8. The molecule has 0 aliphatic rings. The average Bonchev–Trinajstić information content (AvgIpc) is 3.03. The Labute approximate surface area is 165 Å². The van der Waals surface area contributed by atoms with Crippen molar-refractivity contribution in [2.45, 2.75) is 17.5 Å². The van der Waals surface area contributed by atoms with E-state index in [1.165, 1.54) is 31.5 Å². The Bertz CT molecular complexity index is 1170. The first-order valence-corrected chi connectivity index (χ1v) is 10.4. The van der Waals surface area contributed by atoms with Crippen LogP contribution in [-0.2, 0) is 27.0 Å². The fourth-order valence-corrected chi connectivity index (χ4v) is 3.79. The van der Waals surface area contributed by atoms with Gasteiger partial charge in [0.2, 0.25) is 0 Å². The van der Waals surface area contributed by atoms with Gasteiger partial charge in [-0.3, -0.25) is 13.7 Å². The molecule has 29 heavy (non-hydrogen) atoms. The molecule has 0 amide bonds. The number of nitrogens with one attached hydrogen (secondary N) is 1. The molecule has 1 atom stereocenters. The molecule has 3 aromatic rings. The molecular weight excluding hydrogens is 436 g/mol. The van der Waals surface area contributed by atoms with Crippen LogP contribution in [0.5, 0.6) is 17.2 Å². The molecule has 2 heterocycles. The molecule has 1 unspecified atom stereocenters. The number of H-pyrrole nitrogens is 1. The lowest BCUT2D eigenvalue weighted by molar-refractivity contribution is -0.0497. The minimum atomic E-state index is -4.80. The molecule has 0 aliphatic heterocycles. The van der Waals surface area contributed by atoms with Crippen molar-refractivity contribution in [1.29, 1.82) is 0 Å². The van der Waals surface area contributed by atoms with E-state index in [9.17, 15) is 21.4 Å². The number of ether oxygens (including phenoxy) is 2. The van der Waals surface area contributed by atoms with Crippen molar-refractivity contribution in [3.63, 3.8) is 0 Å². The van der Waals surface area contributed by atoms with Gasteiger partial charge in [0, 0.05) is 18.3 Å². The van der Waals surface area contributed by atoms with E-state index in [1.54, 1.807) is 0 Å². The lowest BCUT2D eigenvalue weighted by Crippen LogP contribution is -2.10. The van der Waals surface area contributed by atoms with E-state index in [2.05, 4.69) is 23.9 Å². The minimum absolute atomic E-state index is 0.0270. The van der Waals surface area contributed by atoms with Crippen molar-refractivity contribution in [2.75, 3.05) is 7.11 Å². The summed E-state index contributed by atoms with van der Waals surface area (Å²) >= 11 is 0. The molecule has 0 saturated heterocycles. The quantitative estimate of drug-likeness (QED) is 0.494. The third-order valence-corrected chi connectivity index (χ3v) is 5.03. The number of imidazole rings is 1. The molecule has 0 aliphatic carbocycles. The second-order valence-electron chi connectivity index (χ2n) is 5.39. The van der Waals surface area contributed by atoms with Crippen molar-refractivity contribution in [1.82, 2.24) is 15.0 Å². The number of aromatic amines is 1. The fraction of sp³-hybridized carbons (Fsp3) is 0.200. The van der Waals surface area contributed by atoms with Crippen molar-refractivity contribution in [3.05, 3.63) is 36.2 Å². The summed E-state index contributed by atoms with van der Waals surface area (Å²) in [6.07, 6.45) is 1.18. The van der Waals surface area contributed by atoms with Gasteiger partial charge in [-0.1, -0.05) is 0 Å². The van der Waals surface area contributed by atoms with Gasteiger partial charge in [-0.15, -0.1) is 0 Å². The normalized spacial score (nSPS) is 12.9. The highest BCUT2D eigenvalue weighted by Crippen LogP contribution is 2.32. The molecule has 0 radical (unpaired) electrons. The highest BCUT2D eigenvalue weighted by Gasteiger charge is 2.20. The maximum absolute atomic E-state index is 12.7. The number of alkyl halides is 2. The molecule has 0 spiro atoms. The van der Waals surface area contributed by atoms with Gasteiger partial charge in [0.25, 0.3) is 0 Å². The Hall–Kier alpha value is -2.84. The maximum Gasteiger partial charge on any atom is 0.446 e. The lowest BCUT2D eigenvalue weighted by atomic mass is 10.3. The van der Waals surface area contributed by atoms with Crippen LogP contribution in [0.2, 0.25) is 0 Å². The first-order valence-electron chi connectivity index (χ1n) is 7.68. The Balaban J connectivity index is 1.87. The third-order valence-electron chi connectivity index (χ3n) is 3.48. The van der Waals surface area contributed by atoms with Crippen LogP contribution in [0, 0.1) is 0 Å². The highest BCUT2D eigenvalue weighted by molar-refractivity contribution is 7.84. The van der Waals surface area contributed by atoms with Crippen LogP contribution in [-0.4, -0.2) is 45.9 Å². The number of nitrogens with zero attached hydrogens (tertiary/aromatic N) is 2. The monoisotopic (exact) mass is 449 g/mol. The van der Waals surface area contributed by atoms with E-state index in [4.69, 9.17) is 9.29 Å². The summed E-state index contributed by atoms with van der Waals surface area (Å²) in [4.78, 5) is 10.9. The van der Waals surface area contributed by atoms with Crippen LogP contribution < -0.4 is 13.7 Å². The predicted molar refractivity (Wildman–Crippen MR) is 95.8 cm³/mol. The zero-order valence-corrected chi connectivity index (χ0v) is 16.2. The molecule has 156 valence electrons.